The second-order valence-corrected chi connectivity index (χ2v) is 9.53. The average Bonchev–Trinajstić information content (AvgIpc) is 2.90. The molecule has 0 radical (unpaired) electrons. The highest BCUT2D eigenvalue weighted by Gasteiger charge is 2.16. The first-order chi connectivity index (χ1) is 12.1. The van der Waals surface area contributed by atoms with Crippen molar-refractivity contribution in [3.05, 3.63) is 0 Å². The molecule has 7 heteroatoms. The summed E-state index contributed by atoms with van der Waals surface area (Å²) in [7, 11) is 0. The zero-order valence-corrected chi connectivity index (χ0v) is 20.4. The van der Waals surface area contributed by atoms with Gasteiger partial charge in [-0.05, 0) is 36.2 Å². The van der Waals surface area contributed by atoms with Crippen LogP contribution >= 0.6 is 37.0 Å². The molecule has 0 aromatic carbocycles. The average molecular weight is 439 g/mol. The summed E-state index contributed by atoms with van der Waals surface area (Å²) in [5, 5.41) is 0.216. The number of carbonyl (C=O) groups excluding carboxylic acids is 4. The van der Waals surface area contributed by atoms with Gasteiger partial charge >= 0.3 is 0 Å². The molecule has 0 unspecified atom stereocenters. The van der Waals surface area contributed by atoms with Crippen LogP contribution < -0.4 is 0 Å². The monoisotopic (exact) mass is 438 g/mol. The van der Waals surface area contributed by atoms with Gasteiger partial charge in [-0.2, -0.15) is 13.5 Å². The second-order valence-electron chi connectivity index (χ2n) is 6.76. The van der Waals surface area contributed by atoms with Gasteiger partial charge in [0.15, 0.2) is 10.2 Å². The molecule has 0 aliphatic heterocycles. The lowest BCUT2D eigenvalue weighted by Gasteiger charge is -2.02. The molecule has 1 fully saturated rings. The molecule has 0 aromatic rings. The molecule has 1 rings (SSSR count). The molecule has 1 aliphatic rings. The van der Waals surface area contributed by atoms with Crippen molar-refractivity contribution in [2.24, 2.45) is 11.8 Å². The molecule has 0 bridgehead atoms. The molecule has 27 heavy (non-hydrogen) atoms. The van der Waals surface area contributed by atoms with Crippen LogP contribution in [0.1, 0.15) is 80.1 Å². The summed E-state index contributed by atoms with van der Waals surface area (Å²) in [6, 6.07) is 0. The zero-order valence-electron chi connectivity index (χ0n) is 17.8. The van der Waals surface area contributed by atoms with Crippen molar-refractivity contribution < 1.29 is 19.2 Å². The molecule has 0 saturated heterocycles. The van der Waals surface area contributed by atoms with Crippen LogP contribution in [0.4, 0.5) is 0 Å². The Morgan fingerprint density at radius 1 is 1.11 bits per heavy atom. The van der Waals surface area contributed by atoms with Crippen molar-refractivity contribution >= 4 is 58.8 Å². The van der Waals surface area contributed by atoms with E-state index in [9.17, 15) is 19.2 Å². The molecule has 1 aliphatic carbocycles. The van der Waals surface area contributed by atoms with Gasteiger partial charge in [0.1, 0.15) is 11.6 Å². The molecular formula is C20H38O4S3. The van der Waals surface area contributed by atoms with Crippen LogP contribution in [-0.4, -0.2) is 33.3 Å². The number of thioether (sulfide) groups is 2. The van der Waals surface area contributed by atoms with E-state index in [1.54, 1.807) is 6.92 Å². The number of rotatable bonds is 7. The molecule has 1 atom stereocenters. The van der Waals surface area contributed by atoms with E-state index in [4.69, 9.17) is 0 Å². The zero-order chi connectivity index (χ0) is 20.5. The van der Waals surface area contributed by atoms with Crippen molar-refractivity contribution in [2.45, 2.75) is 80.1 Å². The van der Waals surface area contributed by atoms with Crippen molar-refractivity contribution in [1.29, 1.82) is 0 Å². The quantitative estimate of drug-likeness (QED) is 0.493. The van der Waals surface area contributed by atoms with Gasteiger partial charge in [0.2, 0.25) is 0 Å². The van der Waals surface area contributed by atoms with Crippen LogP contribution in [0.5, 0.6) is 0 Å². The predicted molar refractivity (Wildman–Crippen MR) is 124 cm³/mol. The van der Waals surface area contributed by atoms with Gasteiger partial charge in [0.25, 0.3) is 0 Å². The number of hydrogen-bond acceptors (Lipinski definition) is 6. The maximum Gasteiger partial charge on any atom is 0.196 e. The number of ketones is 2. The van der Waals surface area contributed by atoms with Gasteiger partial charge in [0, 0.05) is 26.2 Å². The van der Waals surface area contributed by atoms with E-state index in [2.05, 4.69) is 20.8 Å². The summed E-state index contributed by atoms with van der Waals surface area (Å²) in [5.41, 5.74) is 0. The maximum absolute atomic E-state index is 11.2. The van der Waals surface area contributed by atoms with Crippen LogP contribution in [0.3, 0.4) is 0 Å². The summed E-state index contributed by atoms with van der Waals surface area (Å²) in [6.07, 6.45) is 4.35. The Morgan fingerprint density at radius 2 is 1.67 bits per heavy atom. The van der Waals surface area contributed by atoms with Crippen LogP contribution in [-0.2, 0) is 19.2 Å². The van der Waals surface area contributed by atoms with Crippen LogP contribution in [0.25, 0.3) is 0 Å². The molecule has 160 valence electrons. The molecule has 0 N–H and O–H groups in total. The standard InChI is InChI=1S/C10H18O2S.C6H10O.C4H8OS.H2S/c1-4-13-10(12)7-9(11)6-5-8(2)3;1-5-2-3-6(7)4-5;1-3-6-4(2)5;/h8H,4-7H2,1-3H3;5H,2-4H2,1H3;3H2,1-2H3;1H2/t;5-;;/m.0../s1. The number of Topliss-reactive ketones (excluding diaryl/α,β-unsaturated/α-hetero) is 2. The van der Waals surface area contributed by atoms with Crippen LogP contribution in [0.2, 0.25) is 0 Å². The Morgan fingerprint density at radius 3 is 1.93 bits per heavy atom. The fourth-order valence-electron chi connectivity index (χ4n) is 2.11. The Hall–Kier alpha value is -0.270. The van der Waals surface area contributed by atoms with Gasteiger partial charge in [0.05, 0.1) is 6.42 Å². The van der Waals surface area contributed by atoms with E-state index in [0.29, 0.717) is 24.0 Å². The lowest BCUT2D eigenvalue weighted by atomic mass is 10.0. The summed E-state index contributed by atoms with van der Waals surface area (Å²) in [4.78, 5) is 42.7. The van der Waals surface area contributed by atoms with Crippen molar-refractivity contribution in [3.63, 3.8) is 0 Å². The third kappa shape index (κ3) is 25.7. The number of carbonyl (C=O) groups is 4. The lowest BCUT2D eigenvalue weighted by Crippen LogP contribution is -2.06. The highest BCUT2D eigenvalue weighted by Crippen LogP contribution is 2.19. The number of hydrogen-bond donors (Lipinski definition) is 0. The smallest absolute Gasteiger partial charge is 0.196 e. The first kappa shape index (κ1) is 31.4. The summed E-state index contributed by atoms with van der Waals surface area (Å²) < 4.78 is 0. The SMILES string of the molecule is CCSC(=O)CC(=O)CCC(C)C.CCSC(C)=O.C[C@H]1CCC(=O)C1.S. The molecule has 0 spiro atoms. The summed E-state index contributed by atoms with van der Waals surface area (Å²) in [5.74, 6) is 3.41. The first-order valence-corrected chi connectivity index (χ1v) is 11.4. The van der Waals surface area contributed by atoms with Crippen LogP contribution in [0, 0.1) is 11.8 Å². The van der Waals surface area contributed by atoms with Crippen molar-refractivity contribution in [3.8, 4) is 0 Å². The summed E-state index contributed by atoms with van der Waals surface area (Å²) in [6.45, 7) is 11.7. The predicted octanol–water partition coefficient (Wildman–Crippen LogP) is 5.44. The Balaban J connectivity index is -0.000000347. The van der Waals surface area contributed by atoms with E-state index in [0.717, 1.165) is 37.2 Å². The Bertz CT molecular complexity index is 437. The minimum Gasteiger partial charge on any atom is -0.300 e. The van der Waals surface area contributed by atoms with Gasteiger partial charge in [-0.25, -0.2) is 0 Å². The highest BCUT2D eigenvalue weighted by molar-refractivity contribution is 8.13. The van der Waals surface area contributed by atoms with Gasteiger partial charge < -0.3 is 0 Å². The molecule has 4 nitrogen and oxygen atoms in total. The van der Waals surface area contributed by atoms with E-state index in [1.807, 2.05) is 13.8 Å². The highest BCUT2D eigenvalue weighted by atomic mass is 32.2. The fourth-order valence-corrected chi connectivity index (χ4v) is 3.11. The fraction of sp³-hybridized carbons (Fsp3) is 0.800. The van der Waals surface area contributed by atoms with Gasteiger partial charge in [-0.15, -0.1) is 0 Å². The molecule has 1 saturated carbocycles. The third-order valence-corrected chi connectivity index (χ3v) is 4.94. The van der Waals surface area contributed by atoms with E-state index in [1.165, 1.54) is 23.5 Å². The summed E-state index contributed by atoms with van der Waals surface area (Å²) >= 11 is 2.58. The van der Waals surface area contributed by atoms with Gasteiger partial charge in [-0.3, -0.25) is 19.2 Å². The van der Waals surface area contributed by atoms with Crippen molar-refractivity contribution in [1.82, 2.24) is 0 Å². The molecule has 0 aromatic heterocycles. The van der Waals surface area contributed by atoms with Gasteiger partial charge in [-0.1, -0.05) is 58.1 Å². The van der Waals surface area contributed by atoms with E-state index >= 15 is 0 Å². The van der Waals surface area contributed by atoms with E-state index in [-0.39, 0.29) is 35.9 Å². The van der Waals surface area contributed by atoms with Crippen molar-refractivity contribution in [2.75, 3.05) is 11.5 Å². The minimum atomic E-state index is 0. The molecular weight excluding hydrogens is 400 g/mol. The Labute approximate surface area is 181 Å². The topological polar surface area (TPSA) is 68.3 Å². The van der Waals surface area contributed by atoms with E-state index < -0.39 is 0 Å². The minimum absolute atomic E-state index is 0. The molecule has 0 amide bonds. The lowest BCUT2D eigenvalue weighted by molar-refractivity contribution is -0.123. The normalized spacial score (nSPS) is 15.1. The molecule has 0 heterocycles. The van der Waals surface area contributed by atoms with Crippen LogP contribution in [0.15, 0.2) is 0 Å². The second kappa shape index (κ2) is 20.5. The maximum atomic E-state index is 11.2. The Kier molecular flexibility index (Phi) is 23.8. The first-order valence-electron chi connectivity index (χ1n) is 9.44. The largest absolute Gasteiger partial charge is 0.300 e. The third-order valence-electron chi connectivity index (χ3n) is 3.49.